The van der Waals surface area contributed by atoms with Gasteiger partial charge in [-0.25, -0.2) is 0 Å². The first-order chi connectivity index (χ1) is 7.91. The van der Waals surface area contributed by atoms with E-state index in [9.17, 15) is 4.79 Å². The Labute approximate surface area is 119 Å². The summed E-state index contributed by atoms with van der Waals surface area (Å²) in [5.41, 5.74) is 0.662. The van der Waals surface area contributed by atoms with Crippen molar-refractivity contribution in [3.63, 3.8) is 0 Å². The molecule has 1 rings (SSSR count). The third-order valence-corrected chi connectivity index (χ3v) is 4.08. The third-order valence-electron chi connectivity index (χ3n) is 2.90. The molecule has 0 aliphatic rings. The van der Waals surface area contributed by atoms with E-state index >= 15 is 0 Å². The Hall–Kier alpha value is -0.350. The second kappa shape index (κ2) is 6.55. The minimum Gasteiger partial charge on any atom is -0.352 e. The molecule has 0 aromatic heterocycles. The lowest BCUT2D eigenvalue weighted by Gasteiger charge is -2.16. The summed E-state index contributed by atoms with van der Waals surface area (Å²) in [6.45, 7) is 7.16. The summed E-state index contributed by atoms with van der Waals surface area (Å²) in [6, 6.07) is 5.59. The van der Waals surface area contributed by atoms with Crippen molar-refractivity contribution in [2.24, 2.45) is 11.8 Å². The predicted molar refractivity (Wildman–Crippen MR) is 78.2 cm³/mol. The summed E-state index contributed by atoms with van der Waals surface area (Å²) in [5.74, 6) is 1.01. The largest absolute Gasteiger partial charge is 0.352 e. The van der Waals surface area contributed by atoms with E-state index in [-0.39, 0.29) is 5.91 Å². The number of hydrogen-bond acceptors (Lipinski definition) is 1. The summed E-state index contributed by atoms with van der Waals surface area (Å²) in [6.07, 6.45) is 0. The Morgan fingerprint density at radius 2 is 1.94 bits per heavy atom. The maximum Gasteiger partial charge on any atom is 0.252 e. The van der Waals surface area contributed by atoms with E-state index in [1.807, 2.05) is 18.2 Å². The molecule has 1 aromatic rings. The molecule has 4 heteroatoms. The Morgan fingerprint density at radius 1 is 1.29 bits per heavy atom. The monoisotopic (exact) mass is 361 g/mol. The van der Waals surface area contributed by atoms with Gasteiger partial charge < -0.3 is 5.32 Å². The molecule has 0 aliphatic heterocycles. The number of rotatable bonds is 4. The molecule has 2 nitrogen and oxygen atoms in total. The molecular weight excluding hydrogens is 346 g/mol. The number of benzene rings is 1. The van der Waals surface area contributed by atoms with Crippen molar-refractivity contribution in [2.75, 3.05) is 6.54 Å². The minimum absolute atomic E-state index is 0.0364. The molecule has 1 unspecified atom stereocenters. The van der Waals surface area contributed by atoms with Gasteiger partial charge in [0, 0.05) is 15.5 Å². The summed E-state index contributed by atoms with van der Waals surface area (Å²) in [4.78, 5) is 12.0. The van der Waals surface area contributed by atoms with Crippen LogP contribution >= 0.6 is 31.9 Å². The van der Waals surface area contributed by atoms with Crippen LogP contribution in [0.1, 0.15) is 31.1 Å². The smallest absolute Gasteiger partial charge is 0.252 e. The molecule has 1 N–H and O–H groups in total. The lowest BCUT2D eigenvalue weighted by atomic mass is 9.98. The van der Waals surface area contributed by atoms with Crippen LogP contribution in [0.2, 0.25) is 0 Å². The minimum atomic E-state index is -0.0364. The second-order valence-corrected chi connectivity index (χ2v) is 6.33. The van der Waals surface area contributed by atoms with Gasteiger partial charge in [-0.05, 0) is 46.0 Å². The molecule has 0 fully saturated rings. The van der Waals surface area contributed by atoms with E-state index in [0.29, 0.717) is 23.9 Å². The number of amides is 1. The highest BCUT2D eigenvalue weighted by atomic mass is 79.9. The number of carbonyl (C=O) groups is 1. The van der Waals surface area contributed by atoms with Crippen LogP contribution in [0, 0.1) is 11.8 Å². The van der Waals surface area contributed by atoms with Gasteiger partial charge in [0.05, 0.1) is 5.56 Å². The topological polar surface area (TPSA) is 29.1 Å². The molecule has 0 aliphatic carbocycles. The molecule has 1 amide bonds. The van der Waals surface area contributed by atoms with Crippen molar-refractivity contribution >= 4 is 37.8 Å². The fourth-order valence-corrected chi connectivity index (χ4v) is 2.04. The van der Waals surface area contributed by atoms with Gasteiger partial charge in [-0.1, -0.05) is 36.7 Å². The molecule has 0 saturated carbocycles. The average Bonchev–Trinajstić information content (AvgIpc) is 2.28. The van der Waals surface area contributed by atoms with Crippen molar-refractivity contribution in [1.82, 2.24) is 5.32 Å². The molecular formula is C13H17Br2NO. The van der Waals surface area contributed by atoms with Gasteiger partial charge in [-0.3, -0.25) is 4.79 Å². The highest BCUT2D eigenvalue weighted by Crippen LogP contribution is 2.21. The van der Waals surface area contributed by atoms with Crippen molar-refractivity contribution < 1.29 is 4.79 Å². The molecule has 94 valence electrons. The Morgan fingerprint density at radius 3 is 2.53 bits per heavy atom. The first-order valence-corrected chi connectivity index (χ1v) is 7.23. The van der Waals surface area contributed by atoms with E-state index < -0.39 is 0 Å². The summed E-state index contributed by atoms with van der Waals surface area (Å²) in [7, 11) is 0. The van der Waals surface area contributed by atoms with Gasteiger partial charge in [0.15, 0.2) is 0 Å². The molecule has 0 spiro atoms. The van der Waals surface area contributed by atoms with E-state index in [0.717, 1.165) is 8.95 Å². The normalized spacial score (nSPS) is 12.6. The van der Waals surface area contributed by atoms with Gasteiger partial charge in [0.1, 0.15) is 0 Å². The SMILES string of the molecule is CC(C)C(C)CNC(=O)c1cc(Br)ccc1Br. The van der Waals surface area contributed by atoms with Crippen LogP contribution in [0.5, 0.6) is 0 Å². The maximum absolute atomic E-state index is 12.0. The van der Waals surface area contributed by atoms with E-state index in [4.69, 9.17) is 0 Å². The number of nitrogens with one attached hydrogen (secondary N) is 1. The number of carbonyl (C=O) groups excluding carboxylic acids is 1. The van der Waals surface area contributed by atoms with Crippen LogP contribution in [-0.2, 0) is 0 Å². The Balaban J connectivity index is 2.67. The van der Waals surface area contributed by atoms with Gasteiger partial charge in [-0.2, -0.15) is 0 Å². The fraction of sp³-hybridized carbons (Fsp3) is 0.462. The Kier molecular flexibility index (Phi) is 5.67. The molecule has 0 radical (unpaired) electrons. The summed E-state index contributed by atoms with van der Waals surface area (Å²) in [5, 5.41) is 2.96. The Bertz CT molecular complexity index is 404. The molecule has 1 atom stereocenters. The first-order valence-electron chi connectivity index (χ1n) is 5.65. The summed E-state index contributed by atoms with van der Waals surface area (Å²) < 4.78 is 1.72. The van der Waals surface area contributed by atoms with Crippen LogP contribution in [0.3, 0.4) is 0 Å². The highest BCUT2D eigenvalue weighted by molar-refractivity contribution is 9.11. The van der Waals surface area contributed by atoms with Crippen molar-refractivity contribution in [3.8, 4) is 0 Å². The van der Waals surface area contributed by atoms with Crippen LogP contribution in [-0.4, -0.2) is 12.5 Å². The van der Waals surface area contributed by atoms with Crippen molar-refractivity contribution in [3.05, 3.63) is 32.7 Å². The molecule has 1 aromatic carbocycles. The summed E-state index contributed by atoms with van der Waals surface area (Å²) >= 11 is 6.75. The quantitative estimate of drug-likeness (QED) is 0.852. The lowest BCUT2D eigenvalue weighted by Crippen LogP contribution is -2.30. The number of hydrogen-bond donors (Lipinski definition) is 1. The average molecular weight is 363 g/mol. The molecule has 0 saturated heterocycles. The van der Waals surface area contributed by atoms with Crippen LogP contribution in [0.15, 0.2) is 27.1 Å². The van der Waals surface area contributed by atoms with Crippen LogP contribution < -0.4 is 5.32 Å². The van der Waals surface area contributed by atoms with Crippen molar-refractivity contribution in [2.45, 2.75) is 20.8 Å². The van der Waals surface area contributed by atoms with Gasteiger partial charge in [0.25, 0.3) is 5.91 Å². The predicted octanol–water partition coefficient (Wildman–Crippen LogP) is 4.23. The van der Waals surface area contributed by atoms with Crippen molar-refractivity contribution in [1.29, 1.82) is 0 Å². The molecule has 0 heterocycles. The van der Waals surface area contributed by atoms with Crippen LogP contribution in [0.25, 0.3) is 0 Å². The van der Waals surface area contributed by atoms with Crippen LogP contribution in [0.4, 0.5) is 0 Å². The molecule has 0 bridgehead atoms. The van der Waals surface area contributed by atoms with Gasteiger partial charge in [-0.15, -0.1) is 0 Å². The van der Waals surface area contributed by atoms with E-state index in [2.05, 4.69) is 57.9 Å². The highest BCUT2D eigenvalue weighted by Gasteiger charge is 2.13. The third kappa shape index (κ3) is 4.43. The number of halogens is 2. The van der Waals surface area contributed by atoms with E-state index in [1.54, 1.807) is 0 Å². The fourth-order valence-electron chi connectivity index (χ4n) is 1.26. The maximum atomic E-state index is 12.0. The zero-order valence-electron chi connectivity index (χ0n) is 10.3. The standard InChI is InChI=1S/C13H17Br2NO/c1-8(2)9(3)7-16-13(17)11-6-10(14)4-5-12(11)15/h4-6,8-9H,7H2,1-3H3,(H,16,17). The second-order valence-electron chi connectivity index (χ2n) is 4.56. The van der Waals surface area contributed by atoms with E-state index in [1.165, 1.54) is 0 Å². The van der Waals surface area contributed by atoms with Gasteiger partial charge in [0.2, 0.25) is 0 Å². The zero-order chi connectivity index (χ0) is 13.0. The lowest BCUT2D eigenvalue weighted by molar-refractivity contribution is 0.0944. The zero-order valence-corrected chi connectivity index (χ0v) is 13.4. The van der Waals surface area contributed by atoms with Gasteiger partial charge >= 0.3 is 0 Å². The molecule has 17 heavy (non-hydrogen) atoms. The first kappa shape index (κ1) is 14.7.